The van der Waals surface area contributed by atoms with Gasteiger partial charge in [-0.15, -0.1) is 0 Å². The van der Waals surface area contributed by atoms with Gasteiger partial charge in [0.2, 0.25) is 5.95 Å². The summed E-state index contributed by atoms with van der Waals surface area (Å²) < 4.78 is 41.5. The molecule has 184 valence electrons. The number of likely N-dealkylation sites (N-methyl/N-ethyl adjacent to an activating group) is 1. The summed E-state index contributed by atoms with van der Waals surface area (Å²) in [6.45, 7) is 7.38. The summed E-state index contributed by atoms with van der Waals surface area (Å²) >= 11 is 0. The average Bonchev–Trinajstić information content (AvgIpc) is 3.11. The molecule has 2 aromatic rings. The van der Waals surface area contributed by atoms with Crippen LogP contribution in [0, 0.1) is 11.6 Å². The van der Waals surface area contributed by atoms with Crippen LogP contribution in [0.25, 0.3) is 11.0 Å². The van der Waals surface area contributed by atoms with E-state index < -0.39 is 25.7 Å². The van der Waals surface area contributed by atoms with Crippen molar-refractivity contribution in [1.29, 1.82) is 0 Å². The first kappa shape index (κ1) is 25.6. The molecule has 10 heteroatoms. The van der Waals surface area contributed by atoms with Gasteiger partial charge < -0.3 is 19.7 Å². The maximum atomic E-state index is 14.8. The highest BCUT2D eigenvalue weighted by Crippen LogP contribution is 2.31. The van der Waals surface area contributed by atoms with Crippen molar-refractivity contribution in [3.63, 3.8) is 0 Å². The number of nitrogens with zero attached hydrogens (tertiary/aromatic N) is 3. The monoisotopic (exact) mass is 482 g/mol. The Hall–Kier alpha value is -2.04. The summed E-state index contributed by atoms with van der Waals surface area (Å²) in [6, 6.07) is 2.19. The number of hydrogen-bond donors (Lipinski definition) is 1. The minimum atomic E-state index is -1.31. The van der Waals surface area contributed by atoms with Gasteiger partial charge in [-0.1, -0.05) is 32.5 Å². The molecule has 0 aliphatic heterocycles. The molecule has 0 amide bonds. The summed E-state index contributed by atoms with van der Waals surface area (Å²) in [5, 5.41) is 3.46. The predicted molar refractivity (Wildman–Crippen MR) is 128 cm³/mol. The zero-order valence-corrected chi connectivity index (χ0v) is 21.5. The molecule has 1 N–H and O–H groups in total. The molecule has 7 nitrogen and oxygen atoms in total. The van der Waals surface area contributed by atoms with Gasteiger partial charge in [0.1, 0.15) is 12.2 Å². The van der Waals surface area contributed by atoms with E-state index in [0.29, 0.717) is 12.6 Å². The fraction of sp³-hybridized carbons (Fsp3) is 0.652. The lowest BCUT2D eigenvalue weighted by molar-refractivity contribution is 0.0600. The van der Waals surface area contributed by atoms with Crippen molar-refractivity contribution < 1.29 is 23.0 Å². The normalized spacial score (nSPS) is 19.3. The number of carbonyl (C=O) groups is 1. The number of imidazole rings is 1. The third-order valence-corrected chi connectivity index (χ3v) is 7.94. The number of benzene rings is 1. The Morgan fingerprint density at radius 3 is 2.61 bits per heavy atom. The quantitative estimate of drug-likeness (QED) is 0.318. The van der Waals surface area contributed by atoms with Gasteiger partial charge in [0.05, 0.1) is 18.2 Å². The highest BCUT2D eigenvalue weighted by molar-refractivity contribution is 6.76. The van der Waals surface area contributed by atoms with Gasteiger partial charge in [-0.25, -0.2) is 18.6 Å². The van der Waals surface area contributed by atoms with Crippen LogP contribution in [0.5, 0.6) is 0 Å². The minimum Gasteiger partial charge on any atom is -0.465 e. The largest absolute Gasteiger partial charge is 0.465 e. The van der Waals surface area contributed by atoms with Gasteiger partial charge in [-0.2, -0.15) is 0 Å². The van der Waals surface area contributed by atoms with Crippen molar-refractivity contribution in [2.75, 3.05) is 33.1 Å². The number of ether oxygens (including phenoxy) is 2. The maximum Gasteiger partial charge on any atom is 0.340 e. The van der Waals surface area contributed by atoms with Crippen LogP contribution in [0.2, 0.25) is 25.7 Å². The van der Waals surface area contributed by atoms with E-state index in [1.165, 1.54) is 7.11 Å². The molecular formula is C23H36F2N4O3Si. The molecule has 1 aromatic heterocycles. The van der Waals surface area contributed by atoms with Crippen LogP contribution in [0.3, 0.4) is 0 Å². The molecule has 1 aromatic carbocycles. The molecule has 3 rings (SSSR count). The number of anilines is 1. The molecule has 0 bridgehead atoms. The van der Waals surface area contributed by atoms with E-state index >= 15 is 0 Å². The summed E-state index contributed by atoms with van der Waals surface area (Å²) in [5.41, 5.74) is -0.106. The van der Waals surface area contributed by atoms with Crippen LogP contribution < -0.4 is 5.32 Å². The molecule has 0 radical (unpaired) electrons. The fourth-order valence-corrected chi connectivity index (χ4v) is 5.11. The number of nitrogens with one attached hydrogen (secondary N) is 1. The molecule has 33 heavy (non-hydrogen) atoms. The Kier molecular flexibility index (Phi) is 8.12. The van der Waals surface area contributed by atoms with E-state index in [9.17, 15) is 13.6 Å². The number of methoxy groups -OCH3 is 1. The average molecular weight is 483 g/mol. The Morgan fingerprint density at radius 1 is 1.27 bits per heavy atom. The molecule has 0 saturated heterocycles. The second-order valence-corrected chi connectivity index (χ2v) is 15.8. The fourth-order valence-electron chi connectivity index (χ4n) is 4.35. The zero-order valence-electron chi connectivity index (χ0n) is 20.5. The number of hydrogen-bond acceptors (Lipinski definition) is 6. The van der Waals surface area contributed by atoms with Crippen molar-refractivity contribution >= 4 is 31.0 Å². The SMILES string of the molecule is COC(=O)c1cc(F)c(F)c2nc(N[C@H]3CCCCC3N(C)C)n(COCC[Si](C)(C)C)c12. The summed E-state index contributed by atoms with van der Waals surface area (Å²) in [7, 11) is 3.98. The van der Waals surface area contributed by atoms with Crippen LogP contribution in [-0.2, 0) is 16.2 Å². The summed E-state index contributed by atoms with van der Waals surface area (Å²) in [6.07, 6.45) is 4.19. The Labute approximate surface area is 195 Å². The van der Waals surface area contributed by atoms with Crippen molar-refractivity contribution in [3.05, 3.63) is 23.3 Å². The van der Waals surface area contributed by atoms with Gasteiger partial charge in [-0.3, -0.25) is 4.57 Å². The number of fused-ring (bicyclic) bond motifs is 1. The molecule has 1 unspecified atom stereocenters. The Morgan fingerprint density at radius 2 is 1.97 bits per heavy atom. The van der Waals surface area contributed by atoms with Crippen molar-refractivity contribution in [1.82, 2.24) is 14.5 Å². The number of esters is 1. The third kappa shape index (κ3) is 5.91. The lowest BCUT2D eigenvalue weighted by Gasteiger charge is -2.36. The second-order valence-electron chi connectivity index (χ2n) is 10.2. The van der Waals surface area contributed by atoms with Gasteiger partial charge in [0, 0.05) is 26.8 Å². The first-order valence-corrected chi connectivity index (χ1v) is 15.2. The second kappa shape index (κ2) is 10.5. The van der Waals surface area contributed by atoms with E-state index in [1.807, 2.05) is 14.1 Å². The van der Waals surface area contributed by atoms with E-state index in [2.05, 4.69) is 34.8 Å². The van der Waals surface area contributed by atoms with E-state index in [-0.39, 0.29) is 35.4 Å². The number of rotatable bonds is 9. The van der Waals surface area contributed by atoms with Crippen LogP contribution >= 0.6 is 0 Å². The molecule has 1 saturated carbocycles. The lowest BCUT2D eigenvalue weighted by Crippen LogP contribution is -2.45. The Bertz CT molecular complexity index is 990. The first-order chi connectivity index (χ1) is 15.5. The molecule has 1 heterocycles. The standard InChI is InChI=1S/C23H36F2N4O3Si/c1-28(2)18-10-8-7-9-17(18)26-23-27-20-19(25)16(24)13-15(22(30)31-3)21(20)29(23)14-32-11-12-33(4,5)6/h13,17-18H,7-12,14H2,1-6H3,(H,26,27)/t17-,18?/m0/s1. The third-order valence-electron chi connectivity index (χ3n) is 6.24. The molecule has 2 atom stereocenters. The first-order valence-electron chi connectivity index (χ1n) is 11.5. The molecule has 1 aliphatic rings. The maximum absolute atomic E-state index is 14.8. The van der Waals surface area contributed by atoms with Gasteiger partial charge >= 0.3 is 5.97 Å². The molecule has 1 aliphatic carbocycles. The molecular weight excluding hydrogens is 446 g/mol. The van der Waals surface area contributed by atoms with Gasteiger partial charge in [0.15, 0.2) is 11.6 Å². The predicted octanol–water partition coefficient (Wildman–Crippen LogP) is 4.70. The highest BCUT2D eigenvalue weighted by Gasteiger charge is 2.30. The Balaban J connectivity index is 2.05. The van der Waals surface area contributed by atoms with Crippen molar-refractivity contribution in [2.24, 2.45) is 0 Å². The van der Waals surface area contributed by atoms with Crippen molar-refractivity contribution in [3.8, 4) is 0 Å². The number of carbonyl (C=O) groups excluding carboxylic acids is 1. The van der Waals surface area contributed by atoms with Crippen molar-refractivity contribution in [2.45, 2.75) is 70.2 Å². The van der Waals surface area contributed by atoms with Gasteiger partial charge in [0.25, 0.3) is 0 Å². The van der Waals surface area contributed by atoms with Crippen LogP contribution in [-0.4, -0.2) is 68.4 Å². The summed E-state index contributed by atoms with van der Waals surface area (Å²) in [4.78, 5) is 19.0. The summed E-state index contributed by atoms with van der Waals surface area (Å²) in [5.74, 6) is -2.61. The van der Waals surface area contributed by atoms with Gasteiger partial charge in [-0.05, 0) is 39.0 Å². The topological polar surface area (TPSA) is 68.6 Å². The lowest BCUT2D eigenvalue weighted by atomic mass is 9.89. The minimum absolute atomic E-state index is 0.0672. The van der Waals surface area contributed by atoms with E-state index in [4.69, 9.17) is 9.47 Å². The number of halogens is 2. The highest BCUT2D eigenvalue weighted by atomic mass is 28.3. The van der Waals surface area contributed by atoms with E-state index in [1.54, 1.807) is 4.57 Å². The zero-order chi connectivity index (χ0) is 24.3. The van der Waals surface area contributed by atoms with Crippen LogP contribution in [0.4, 0.5) is 14.7 Å². The smallest absolute Gasteiger partial charge is 0.340 e. The molecule has 1 fully saturated rings. The number of aromatic nitrogens is 2. The van der Waals surface area contributed by atoms with Crippen LogP contribution in [0.1, 0.15) is 36.0 Å². The van der Waals surface area contributed by atoms with E-state index in [0.717, 1.165) is 37.8 Å². The van der Waals surface area contributed by atoms with Crippen LogP contribution in [0.15, 0.2) is 6.07 Å². The molecule has 0 spiro atoms.